The fraction of sp³-hybridized carbons (Fsp3) is 0.500. The third-order valence-electron chi connectivity index (χ3n) is 4.54. The van der Waals surface area contributed by atoms with Gasteiger partial charge in [0.1, 0.15) is 11.6 Å². The molecule has 24 heavy (non-hydrogen) atoms. The van der Waals surface area contributed by atoms with Gasteiger partial charge in [0.25, 0.3) is 0 Å². The number of benzene rings is 1. The van der Waals surface area contributed by atoms with Crippen LogP contribution in [0.3, 0.4) is 0 Å². The van der Waals surface area contributed by atoms with Crippen molar-refractivity contribution in [2.75, 3.05) is 29.9 Å². The van der Waals surface area contributed by atoms with Gasteiger partial charge in [-0.05, 0) is 24.7 Å². The molecular weight excluding hydrogens is 296 g/mol. The Morgan fingerprint density at radius 1 is 1.12 bits per heavy atom. The van der Waals surface area contributed by atoms with Gasteiger partial charge in [-0.15, -0.1) is 0 Å². The maximum atomic E-state index is 4.85. The lowest BCUT2D eigenvalue weighted by Gasteiger charge is -2.31. The van der Waals surface area contributed by atoms with E-state index in [1.807, 2.05) is 18.2 Å². The summed E-state index contributed by atoms with van der Waals surface area (Å²) in [5.74, 6) is 4.17. The molecule has 1 aliphatic heterocycles. The molecule has 1 fully saturated rings. The lowest BCUT2D eigenvalue weighted by atomic mass is 9.99. The zero-order valence-electron chi connectivity index (χ0n) is 15.0. The highest BCUT2D eigenvalue weighted by Gasteiger charge is 2.18. The molecular formula is C20H28N4. The van der Waals surface area contributed by atoms with Crippen molar-refractivity contribution in [3.63, 3.8) is 0 Å². The van der Waals surface area contributed by atoms with Crippen molar-refractivity contribution in [1.82, 2.24) is 9.97 Å². The second kappa shape index (κ2) is 7.65. The SMILES string of the molecule is CC(C)CNc1cc(N2CCC(C)CC2)nc(-c2ccccc2)n1. The van der Waals surface area contributed by atoms with Gasteiger partial charge < -0.3 is 10.2 Å². The summed E-state index contributed by atoms with van der Waals surface area (Å²) in [7, 11) is 0. The molecule has 2 aromatic rings. The smallest absolute Gasteiger partial charge is 0.163 e. The van der Waals surface area contributed by atoms with Gasteiger partial charge in [0.15, 0.2) is 5.82 Å². The van der Waals surface area contributed by atoms with Gasteiger partial charge in [0, 0.05) is 31.3 Å². The number of piperidine rings is 1. The molecule has 3 rings (SSSR count). The average Bonchev–Trinajstić information content (AvgIpc) is 2.61. The standard InChI is InChI=1S/C20H28N4/c1-15(2)14-21-18-13-19(24-11-9-16(3)10-12-24)23-20(22-18)17-7-5-4-6-8-17/h4-8,13,15-16H,9-12,14H2,1-3H3,(H,21,22,23). The Morgan fingerprint density at radius 2 is 1.83 bits per heavy atom. The summed E-state index contributed by atoms with van der Waals surface area (Å²) >= 11 is 0. The van der Waals surface area contributed by atoms with Crippen molar-refractivity contribution in [1.29, 1.82) is 0 Å². The second-order valence-electron chi connectivity index (χ2n) is 7.25. The van der Waals surface area contributed by atoms with E-state index in [9.17, 15) is 0 Å². The quantitative estimate of drug-likeness (QED) is 0.882. The number of aromatic nitrogens is 2. The Balaban J connectivity index is 1.90. The van der Waals surface area contributed by atoms with Gasteiger partial charge in [-0.1, -0.05) is 51.1 Å². The van der Waals surface area contributed by atoms with Crippen LogP contribution in [0.4, 0.5) is 11.6 Å². The molecule has 0 spiro atoms. The van der Waals surface area contributed by atoms with E-state index in [2.05, 4.69) is 49.2 Å². The third-order valence-corrected chi connectivity index (χ3v) is 4.54. The Kier molecular flexibility index (Phi) is 5.34. The molecule has 0 aliphatic carbocycles. The number of anilines is 2. The number of hydrogen-bond donors (Lipinski definition) is 1. The zero-order chi connectivity index (χ0) is 16.9. The molecule has 0 bridgehead atoms. The molecule has 1 aromatic heterocycles. The van der Waals surface area contributed by atoms with Crippen LogP contribution in [-0.2, 0) is 0 Å². The molecule has 4 heteroatoms. The van der Waals surface area contributed by atoms with Crippen molar-refractivity contribution in [2.45, 2.75) is 33.6 Å². The molecule has 0 unspecified atom stereocenters. The summed E-state index contributed by atoms with van der Waals surface area (Å²) in [6.07, 6.45) is 2.47. The van der Waals surface area contributed by atoms with Crippen molar-refractivity contribution in [2.24, 2.45) is 11.8 Å². The summed E-state index contributed by atoms with van der Waals surface area (Å²) in [5, 5.41) is 3.46. The molecule has 0 amide bonds. The maximum Gasteiger partial charge on any atom is 0.163 e. The number of nitrogens with zero attached hydrogens (tertiary/aromatic N) is 3. The van der Waals surface area contributed by atoms with Gasteiger partial charge in [-0.3, -0.25) is 0 Å². The van der Waals surface area contributed by atoms with Gasteiger partial charge >= 0.3 is 0 Å². The third kappa shape index (κ3) is 4.25. The lowest BCUT2D eigenvalue weighted by molar-refractivity contribution is 0.436. The van der Waals surface area contributed by atoms with E-state index in [1.54, 1.807) is 0 Å². The van der Waals surface area contributed by atoms with E-state index in [1.165, 1.54) is 12.8 Å². The molecule has 4 nitrogen and oxygen atoms in total. The minimum absolute atomic E-state index is 0.583. The van der Waals surface area contributed by atoms with Crippen LogP contribution in [0.25, 0.3) is 11.4 Å². The lowest BCUT2D eigenvalue weighted by Crippen LogP contribution is -2.33. The topological polar surface area (TPSA) is 41.0 Å². The molecule has 2 heterocycles. The molecule has 0 atom stereocenters. The highest BCUT2D eigenvalue weighted by atomic mass is 15.2. The monoisotopic (exact) mass is 324 g/mol. The first-order valence-corrected chi connectivity index (χ1v) is 9.05. The summed E-state index contributed by atoms with van der Waals surface area (Å²) in [5.41, 5.74) is 1.07. The summed E-state index contributed by atoms with van der Waals surface area (Å²) in [6, 6.07) is 12.3. The second-order valence-corrected chi connectivity index (χ2v) is 7.25. The van der Waals surface area contributed by atoms with E-state index in [4.69, 9.17) is 9.97 Å². The van der Waals surface area contributed by atoms with Crippen molar-refractivity contribution >= 4 is 11.6 Å². The van der Waals surface area contributed by atoms with E-state index in [0.717, 1.165) is 48.6 Å². The van der Waals surface area contributed by atoms with Gasteiger partial charge in [0.05, 0.1) is 0 Å². The molecule has 128 valence electrons. The predicted octanol–water partition coefficient (Wildman–Crippen LogP) is 4.45. The van der Waals surface area contributed by atoms with E-state index in [-0.39, 0.29) is 0 Å². The molecule has 1 N–H and O–H groups in total. The first-order chi connectivity index (χ1) is 11.6. The Hall–Kier alpha value is -2.10. The summed E-state index contributed by atoms with van der Waals surface area (Å²) in [4.78, 5) is 12.0. The molecule has 1 aromatic carbocycles. The van der Waals surface area contributed by atoms with Crippen LogP contribution < -0.4 is 10.2 Å². The number of nitrogens with one attached hydrogen (secondary N) is 1. The minimum Gasteiger partial charge on any atom is -0.370 e. The predicted molar refractivity (Wildman–Crippen MR) is 101 cm³/mol. The van der Waals surface area contributed by atoms with Crippen LogP contribution in [0.2, 0.25) is 0 Å². The fourth-order valence-corrected chi connectivity index (χ4v) is 2.95. The zero-order valence-corrected chi connectivity index (χ0v) is 15.0. The Bertz CT molecular complexity index is 646. The minimum atomic E-state index is 0.583. The van der Waals surface area contributed by atoms with Crippen LogP contribution in [0.15, 0.2) is 36.4 Å². The first-order valence-electron chi connectivity index (χ1n) is 9.05. The van der Waals surface area contributed by atoms with Crippen molar-refractivity contribution < 1.29 is 0 Å². The average molecular weight is 324 g/mol. The summed E-state index contributed by atoms with van der Waals surface area (Å²) < 4.78 is 0. The Labute approximate surface area is 145 Å². The largest absolute Gasteiger partial charge is 0.370 e. The van der Waals surface area contributed by atoms with Crippen LogP contribution in [0.5, 0.6) is 0 Å². The molecule has 0 saturated carbocycles. The first kappa shape index (κ1) is 16.7. The van der Waals surface area contributed by atoms with Crippen LogP contribution >= 0.6 is 0 Å². The van der Waals surface area contributed by atoms with Gasteiger partial charge in [-0.25, -0.2) is 9.97 Å². The van der Waals surface area contributed by atoms with Gasteiger partial charge in [0.2, 0.25) is 0 Å². The number of hydrogen-bond acceptors (Lipinski definition) is 4. The van der Waals surface area contributed by atoms with E-state index in [0.29, 0.717) is 5.92 Å². The van der Waals surface area contributed by atoms with E-state index < -0.39 is 0 Å². The highest BCUT2D eigenvalue weighted by Crippen LogP contribution is 2.26. The number of rotatable bonds is 5. The molecule has 1 saturated heterocycles. The van der Waals surface area contributed by atoms with Crippen LogP contribution in [0, 0.1) is 11.8 Å². The van der Waals surface area contributed by atoms with Crippen LogP contribution in [0.1, 0.15) is 33.6 Å². The fourth-order valence-electron chi connectivity index (χ4n) is 2.95. The maximum absolute atomic E-state index is 4.85. The summed E-state index contributed by atoms with van der Waals surface area (Å²) in [6.45, 7) is 9.83. The van der Waals surface area contributed by atoms with Gasteiger partial charge in [-0.2, -0.15) is 0 Å². The molecule has 1 aliphatic rings. The van der Waals surface area contributed by atoms with Crippen molar-refractivity contribution in [3.05, 3.63) is 36.4 Å². The van der Waals surface area contributed by atoms with E-state index >= 15 is 0 Å². The van der Waals surface area contributed by atoms with Crippen LogP contribution in [-0.4, -0.2) is 29.6 Å². The van der Waals surface area contributed by atoms with Crippen molar-refractivity contribution in [3.8, 4) is 11.4 Å². The normalized spacial score (nSPS) is 15.8. The Morgan fingerprint density at radius 3 is 2.50 bits per heavy atom. The molecule has 0 radical (unpaired) electrons. The highest BCUT2D eigenvalue weighted by molar-refractivity contribution is 5.61.